The summed E-state index contributed by atoms with van der Waals surface area (Å²) in [5.74, 6) is 2.15. The molecule has 0 bridgehead atoms. The summed E-state index contributed by atoms with van der Waals surface area (Å²) in [6.45, 7) is 6.48. The molecule has 0 spiro atoms. The molecule has 1 fully saturated rings. The molecule has 0 aliphatic carbocycles. The smallest absolute Gasteiger partial charge is 0.0524 e. The number of hydrogen-bond donors (Lipinski definition) is 0. The summed E-state index contributed by atoms with van der Waals surface area (Å²) in [5, 5.41) is 0.783. The lowest BCUT2D eigenvalue weighted by molar-refractivity contribution is -0.0196. The maximum atomic E-state index is 5.05. The van der Waals surface area contributed by atoms with Crippen LogP contribution < -0.4 is 0 Å². The van der Waals surface area contributed by atoms with E-state index in [1.807, 2.05) is 11.8 Å². The summed E-state index contributed by atoms with van der Waals surface area (Å²) in [6, 6.07) is 0. The first-order valence-electron chi connectivity index (χ1n) is 3.48. The van der Waals surface area contributed by atoms with Crippen LogP contribution >= 0.6 is 11.8 Å². The van der Waals surface area contributed by atoms with E-state index in [4.69, 9.17) is 4.74 Å². The molecular formula is C7H14OS. The zero-order valence-corrected chi connectivity index (χ0v) is 6.91. The standard InChI is InChI=1S/C7H14OS/c1-6(2)9-5-7-3-8-4-7/h6-7H,3-5H2,1-2H3. The Morgan fingerprint density at radius 1 is 1.56 bits per heavy atom. The second-order valence-corrected chi connectivity index (χ2v) is 4.40. The van der Waals surface area contributed by atoms with Crippen molar-refractivity contribution in [3.63, 3.8) is 0 Å². The van der Waals surface area contributed by atoms with Crippen molar-refractivity contribution in [2.75, 3.05) is 19.0 Å². The van der Waals surface area contributed by atoms with Crippen LogP contribution in [0.15, 0.2) is 0 Å². The fraction of sp³-hybridized carbons (Fsp3) is 1.00. The number of hydrogen-bond acceptors (Lipinski definition) is 2. The summed E-state index contributed by atoms with van der Waals surface area (Å²) in [7, 11) is 0. The molecular weight excluding hydrogens is 132 g/mol. The molecule has 0 aromatic carbocycles. The molecule has 0 saturated carbocycles. The Balaban J connectivity index is 1.91. The van der Waals surface area contributed by atoms with Gasteiger partial charge in [-0.3, -0.25) is 0 Å². The maximum Gasteiger partial charge on any atom is 0.0524 e. The van der Waals surface area contributed by atoms with Crippen LogP contribution in [0.2, 0.25) is 0 Å². The average Bonchev–Trinajstić information content (AvgIpc) is 1.60. The maximum absolute atomic E-state index is 5.05. The highest BCUT2D eigenvalue weighted by Gasteiger charge is 2.17. The van der Waals surface area contributed by atoms with Crippen LogP contribution in [0, 0.1) is 5.92 Å². The largest absolute Gasteiger partial charge is 0.381 e. The zero-order chi connectivity index (χ0) is 6.69. The fourth-order valence-corrected chi connectivity index (χ4v) is 1.56. The van der Waals surface area contributed by atoms with Gasteiger partial charge in [-0.2, -0.15) is 11.8 Å². The van der Waals surface area contributed by atoms with Gasteiger partial charge < -0.3 is 4.74 Å². The van der Waals surface area contributed by atoms with Crippen molar-refractivity contribution in [2.45, 2.75) is 19.1 Å². The molecule has 0 aromatic heterocycles. The number of rotatable bonds is 3. The highest BCUT2D eigenvalue weighted by Crippen LogP contribution is 2.19. The minimum atomic E-state index is 0.783. The van der Waals surface area contributed by atoms with Gasteiger partial charge in [0.25, 0.3) is 0 Å². The molecule has 0 radical (unpaired) electrons. The molecule has 2 heteroatoms. The molecule has 0 amide bonds. The van der Waals surface area contributed by atoms with Crippen molar-refractivity contribution in [1.29, 1.82) is 0 Å². The van der Waals surface area contributed by atoms with Crippen LogP contribution in [0.4, 0.5) is 0 Å². The van der Waals surface area contributed by atoms with Crippen molar-refractivity contribution in [3.05, 3.63) is 0 Å². The van der Waals surface area contributed by atoms with Gasteiger partial charge in [0.2, 0.25) is 0 Å². The first kappa shape index (κ1) is 7.42. The third-order valence-corrected chi connectivity index (χ3v) is 2.70. The van der Waals surface area contributed by atoms with Crippen LogP contribution in [-0.4, -0.2) is 24.2 Å². The highest BCUT2D eigenvalue weighted by molar-refractivity contribution is 7.99. The lowest BCUT2D eigenvalue weighted by Crippen LogP contribution is -2.29. The lowest BCUT2D eigenvalue weighted by atomic mass is 10.1. The molecule has 1 saturated heterocycles. The van der Waals surface area contributed by atoms with Gasteiger partial charge in [-0.1, -0.05) is 13.8 Å². The zero-order valence-electron chi connectivity index (χ0n) is 6.09. The van der Waals surface area contributed by atoms with Crippen LogP contribution in [-0.2, 0) is 4.74 Å². The molecule has 0 atom stereocenters. The molecule has 1 aliphatic rings. The van der Waals surface area contributed by atoms with Crippen molar-refractivity contribution in [1.82, 2.24) is 0 Å². The second kappa shape index (κ2) is 3.47. The highest BCUT2D eigenvalue weighted by atomic mass is 32.2. The molecule has 1 heterocycles. The van der Waals surface area contributed by atoms with Crippen molar-refractivity contribution in [2.24, 2.45) is 5.92 Å². The fourth-order valence-electron chi connectivity index (χ4n) is 0.709. The summed E-state index contributed by atoms with van der Waals surface area (Å²) < 4.78 is 5.05. The van der Waals surface area contributed by atoms with Gasteiger partial charge in [0.1, 0.15) is 0 Å². The van der Waals surface area contributed by atoms with E-state index in [1.165, 1.54) is 5.75 Å². The normalized spacial score (nSPS) is 20.3. The SMILES string of the molecule is CC(C)SCC1COC1. The van der Waals surface area contributed by atoms with E-state index in [0.717, 1.165) is 24.4 Å². The van der Waals surface area contributed by atoms with Gasteiger partial charge in [0.05, 0.1) is 13.2 Å². The second-order valence-electron chi connectivity index (χ2n) is 2.79. The van der Waals surface area contributed by atoms with Crippen LogP contribution in [0.5, 0.6) is 0 Å². The summed E-state index contributed by atoms with van der Waals surface area (Å²) in [5.41, 5.74) is 0. The van der Waals surface area contributed by atoms with E-state index in [-0.39, 0.29) is 0 Å². The van der Waals surface area contributed by atoms with E-state index < -0.39 is 0 Å². The van der Waals surface area contributed by atoms with Gasteiger partial charge in [0, 0.05) is 11.7 Å². The quantitative estimate of drug-likeness (QED) is 0.600. The third-order valence-electron chi connectivity index (χ3n) is 1.37. The van der Waals surface area contributed by atoms with Crippen molar-refractivity contribution >= 4 is 11.8 Å². The molecule has 54 valence electrons. The summed E-state index contributed by atoms with van der Waals surface area (Å²) in [6.07, 6.45) is 0. The Morgan fingerprint density at radius 2 is 2.22 bits per heavy atom. The monoisotopic (exact) mass is 146 g/mol. The van der Waals surface area contributed by atoms with Crippen molar-refractivity contribution < 1.29 is 4.74 Å². The molecule has 9 heavy (non-hydrogen) atoms. The van der Waals surface area contributed by atoms with Gasteiger partial charge >= 0.3 is 0 Å². The Morgan fingerprint density at radius 3 is 2.56 bits per heavy atom. The van der Waals surface area contributed by atoms with Gasteiger partial charge in [-0.05, 0) is 5.25 Å². The van der Waals surface area contributed by atoms with E-state index in [1.54, 1.807) is 0 Å². The minimum absolute atomic E-state index is 0.783. The first-order chi connectivity index (χ1) is 4.29. The summed E-state index contributed by atoms with van der Waals surface area (Å²) >= 11 is 2.04. The Bertz CT molecular complexity index is 79.0. The van der Waals surface area contributed by atoms with Gasteiger partial charge in [-0.25, -0.2) is 0 Å². The molecule has 1 nitrogen and oxygen atoms in total. The molecule has 0 N–H and O–H groups in total. The average molecular weight is 146 g/mol. The van der Waals surface area contributed by atoms with E-state index >= 15 is 0 Å². The third kappa shape index (κ3) is 2.59. The predicted octanol–water partition coefficient (Wildman–Crippen LogP) is 1.77. The Kier molecular flexibility index (Phi) is 2.86. The lowest BCUT2D eigenvalue weighted by Gasteiger charge is -2.25. The molecule has 0 unspecified atom stereocenters. The van der Waals surface area contributed by atoms with Gasteiger partial charge in [-0.15, -0.1) is 0 Å². The Hall–Kier alpha value is 0.310. The number of thioether (sulfide) groups is 1. The van der Waals surface area contributed by atoms with Crippen LogP contribution in [0.25, 0.3) is 0 Å². The molecule has 1 aliphatic heterocycles. The van der Waals surface area contributed by atoms with Crippen molar-refractivity contribution in [3.8, 4) is 0 Å². The predicted molar refractivity (Wildman–Crippen MR) is 41.9 cm³/mol. The van der Waals surface area contributed by atoms with Crippen LogP contribution in [0.3, 0.4) is 0 Å². The Labute approximate surface area is 61.2 Å². The molecule has 0 aromatic rings. The first-order valence-corrected chi connectivity index (χ1v) is 4.53. The molecule has 1 rings (SSSR count). The van der Waals surface area contributed by atoms with E-state index in [2.05, 4.69) is 13.8 Å². The van der Waals surface area contributed by atoms with E-state index in [9.17, 15) is 0 Å². The summed E-state index contributed by atoms with van der Waals surface area (Å²) in [4.78, 5) is 0. The number of ether oxygens (including phenoxy) is 1. The minimum Gasteiger partial charge on any atom is -0.381 e. The van der Waals surface area contributed by atoms with E-state index in [0.29, 0.717) is 0 Å². The van der Waals surface area contributed by atoms with Crippen LogP contribution in [0.1, 0.15) is 13.8 Å². The van der Waals surface area contributed by atoms with Gasteiger partial charge in [0.15, 0.2) is 0 Å². The topological polar surface area (TPSA) is 9.23 Å².